The van der Waals surface area contributed by atoms with E-state index in [1.54, 1.807) is 0 Å². The molecule has 5 heteroatoms. The first-order valence-electron chi connectivity index (χ1n) is 9.04. The molecule has 1 aliphatic rings. The van der Waals surface area contributed by atoms with Gasteiger partial charge < -0.3 is 20.0 Å². The molecule has 134 valence electrons. The zero-order valence-corrected chi connectivity index (χ0v) is 15.0. The number of hydrogen-bond acceptors (Lipinski definition) is 4. The SMILES string of the molecule is Cc1ccc(CNC(C)CC(=O)Nc2cccc(N3CCCC3)c2)o1. The Morgan fingerprint density at radius 1 is 1.24 bits per heavy atom. The lowest BCUT2D eigenvalue weighted by Gasteiger charge is -2.19. The van der Waals surface area contributed by atoms with Crippen molar-refractivity contribution in [1.82, 2.24) is 5.32 Å². The standard InChI is InChI=1S/C20H27N3O2/c1-15(21-14-19-9-8-16(2)25-19)12-20(24)22-17-6-5-7-18(13-17)23-10-3-4-11-23/h5-9,13,15,21H,3-4,10-12,14H2,1-2H3,(H,22,24). The maximum Gasteiger partial charge on any atom is 0.225 e. The molecule has 0 radical (unpaired) electrons. The van der Waals surface area contributed by atoms with Gasteiger partial charge >= 0.3 is 0 Å². The van der Waals surface area contributed by atoms with Crippen LogP contribution in [-0.2, 0) is 11.3 Å². The Hall–Kier alpha value is -2.27. The number of rotatable bonds is 7. The highest BCUT2D eigenvalue weighted by Crippen LogP contribution is 2.23. The highest BCUT2D eigenvalue weighted by molar-refractivity contribution is 5.91. The molecule has 0 bridgehead atoms. The second-order valence-electron chi connectivity index (χ2n) is 6.79. The quantitative estimate of drug-likeness (QED) is 0.806. The third-order valence-corrected chi connectivity index (χ3v) is 4.51. The van der Waals surface area contributed by atoms with E-state index in [1.165, 1.54) is 18.5 Å². The van der Waals surface area contributed by atoms with Crippen LogP contribution in [0.15, 0.2) is 40.8 Å². The predicted molar refractivity (Wildman–Crippen MR) is 101 cm³/mol. The second kappa shape index (κ2) is 8.21. The van der Waals surface area contributed by atoms with Gasteiger partial charge in [-0.05, 0) is 57.0 Å². The van der Waals surface area contributed by atoms with Crippen molar-refractivity contribution in [2.75, 3.05) is 23.3 Å². The molecule has 1 amide bonds. The highest BCUT2D eigenvalue weighted by atomic mass is 16.3. The molecule has 1 unspecified atom stereocenters. The second-order valence-corrected chi connectivity index (χ2v) is 6.79. The monoisotopic (exact) mass is 341 g/mol. The minimum Gasteiger partial charge on any atom is -0.465 e. The molecule has 1 aromatic heterocycles. The van der Waals surface area contributed by atoms with Crippen LogP contribution in [0.4, 0.5) is 11.4 Å². The van der Waals surface area contributed by atoms with Crippen LogP contribution in [0.25, 0.3) is 0 Å². The van der Waals surface area contributed by atoms with Gasteiger partial charge in [-0.2, -0.15) is 0 Å². The molecule has 1 saturated heterocycles. The van der Waals surface area contributed by atoms with Gasteiger partial charge in [0.15, 0.2) is 0 Å². The fraction of sp³-hybridized carbons (Fsp3) is 0.450. The van der Waals surface area contributed by atoms with Crippen molar-refractivity contribution in [2.45, 2.75) is 45.7 Å². The molecule has 25 heavy (non-hydrogen) atoms. The molecule has 2 heterocycles. The van der Waals surface area contributed by atoms with E-state index in [-0.39, 0.29) is 11.9 Å². The molecule has 1 atom stereocenters. The van der Waals surface area contributed by atoms with Crippen LogP contribution in [0.1, 0.15) is 37.7 Å². The van der Waals surface area contributed by atoms with Crippen molar-refractivity contribution in [3.63, 3.8) is 0 Å². The Bertz CT molecular complexity index is 704. The summed E-state index contributed by atoms with van der Waals surface area (Å²) in [6.45, 7) is 6.77. The number of benzene rings is 1. The first kappa shape index (κ1) is 17.5. The van der Waals surface area contributed by atoms with E-state index in [0.29, 0.717) is 13.0 Å². The number of anilines is 2. The molecular weight excluding hydrogens is 314 g/mol. The van der Waals surface area contributed by atoms with Gasteiger partial charge in [-0.15, -0.1) is 0 Å². The van der Waals surface area contributed by atoms with Crippen LogP contribution in [0.2, 0.25) is 0 Å². The fourth-order valence-electron chi connectivity index (χ4n) is 3.17. The normalized spacial score (nSPS) is 15.4. The first-order chi connectivity index (χ1) is 12.1. The molecule has 3 rings (SSSR count). The van der Waals surface area contributed by atoms with Crippen molar-refractivity contribution in [3.8, 4) is 0 Å². The van der Waals surface area contributed by atoms with Gasteiger partial charge in [-0.3, -0.25) is 4.79 Å². The molecule has 2 N–H and O–H groups in total. The number of nitrogens with zero attached hydrogens (tertiary/aromatic N) is 1. The Balaban J connectivity index is 1.47. The van der Waals surface area contributed by atoms with Gasteiger partial charge in [0.1, 0.15) is 11.5 Å². The van der Waals surface area contributed by atoms with E-state index >= 15 is 0 Å². The highest BCUT2D eigenvalue weighted by Gasteiger charge is 2.14. The van der Waals surface area contributed by atoms with E-state index in [0.717, 1.165) is 30.3 Å². The zero-order chi connectivity index (χ0) is 17.6. The third kappa shape index (κ3) is 5.10. The minimum atomic E-state index is 0.0224. The maximum atomic E-state index is 12.3. The fourth-order valence-corrected chi connectivity index (χ4v) is 3.17. The van der Waals surface area contributed by atoms with Crippen LogP contribution < -0.4 is 15.5 Å². The number of hydrogen-bond donors (Lipinski definition) is 2. The molecule has 1 fully saturated rings. The smallest absolute Gasteiger partial charge is 0.225 e. The summed E-state index contributed by atoms with van der Waals surface area (Å²) in [5.41, 5.74) is 2.05. The Morgan fingerprint density at radius 3 is 2.76 bits per heavy atom. The van der Waals surface area contributed by atoms with Crippen LogP contribution in [-0.4, -0.2) is 25.0 Å². The number of furan rings is 1. The number of nitrogens with one attached hydrogen (secondary N) is 2. The topological polar surface area (TPSA) is 57.5 Å². The van der Waals surface area contributed by atoms with Crippen LogP contribution in [0.5, 0.6) is 0 Å². The molecule has 0 spiro atoms. The summed E-state index contributed by atoms with van der Waals surface area (Å²) in [5, 5.41) is 6.33. The van der Waals surface area contributed by atoms with E-state index < -0.39 is 0 Å². The maximum absolute atomic E-state index is 12.3. The Labute approximate surface area is 149 Å². The molecule has 2 aromatic rings. The van der Waals surface area contributed by atoms with Crippen molar-refractivity contribution in [2.24, 2.45) is 0 Å². The van der Waals surface area contributed by atoms with Crippen molar-refractivity contribution >= 4 is 17.3 Å². The van der Waals surface area contributed by atoms with Crippen molar-refractivity contribution in [3.05, 3.63) is 47.9 Å². The van der Waals surface area contributed by atoms with Gasteiger partial charge in [-0.25, -0.2) is 0 Å². The van der Waals surface area contributed by atoms with Gasteiger partial charge in [-0.1, -0.05) is 6.07 Å². The molecule has 0 saturated carbocycles. The van der Waals surface area contributed by atoms with E-state index in [9.17, 15) is 4.79 Å². The summed E-state index contributed by atoms with van der Waals surface area (Å²) in [5.74, 6) is 1.82. The summed E-state index contributed by atoms with van der Waals surface area (Å²) in [7, 11) is 0. The van der Waals surface area contributed by atoms with Crippen molar-refractivity contribution in [1.29, 1.82) is 0 Å². The van der Waals surface area contributed by atoms with Gasteiger partial charge in [0, 0.05) is 36.9 Å². The first-order valence-corrected chi connectivity index (χ1v) is 9.04. The largest absolute Gasteiger partial charge is 0.465 e. The summed E-state index contributed by atoms with van der Waals surface area (Å²) in [4.78, 5) is 14.6. The summed E-state index contributed by atoms with van der Waals surface area (Å²) >= 11 is 0. The average Bonchev–Trinajstić information content (AvgIpc) is 3.24. The minimum absolute atomic E-state index is 0.0224. The molecule has 0 aliphatic carbocycles. The van der Waals surface area contributed by atoms with E-state index in [4.69, 9.17) is 4.42 Å². The molecule has 5 nitrogen and oxygen atoms in total. The van der Waals surface area contributed by atoms with Crippen molar-refractivity contribution < 1.29 is 9.21 Å². The Kier molecular flexibility index (Phi) is 5.76. The van der Waals surface area contributed by atoms with E-state index in [1.807, 2.05) is 38.1 Å². The lowest BCUT2D eigenvalue weighted by molar-refractivity contribution is -0.116. The van der Waals surface area contributed by atoms with E-state index in [2.05, 4.69) is 27.7 Å². The Morgan fingerprint density at radius 2 is 2.04 bits per heavy atom. The lowest BCUT2D eigenvalue weighted by atomic mass is 10.2. The summed E-state index contributed by atoms with van der Waals surface area (Å²) < 4.78 is 5.53. The summed E-state index contributed by atoms with van der Waals surface area (Å²) in [6.07, 6.45) is 2.91. The van der Waals surface area contributed by atoms with Crippen LogP contribution in [0.3, 0.4) is 0 Å². The lowest BCUT2D eigenvalue weighted by Crippen LogP contribution is -2.30. The average molecular weight is 341 g/mol. The molecule has 1 aliphatic heterocycles. The molecule has 1 aromatic carbocycles. The zero-order valence-electron chi connectivity index (χ0n) is 15.0. The van der Waals surface area contributed by atoms with Gasteiger partial charge in [0.05, 0.1) is 6.54 Å². The number of aryl methyl sites for hydroxylation is 1. The summed E-state index contributed by atoms with van der Waals surface area (Å²) in [6, 6.07) is 12.1. The number of carbonyl (C=O) groups is 1. The van der Waals surface area contributed by atoms with Crippen LogP contribution >= 0.6 is 0 Å². The molecular formula is C20H27N3O2. The number of carbonyl (C=O) groups excluding carboxylic acids is 1. The van der Waals surface area contributed by atoms with Crippen LogP contribution in [0, 0.1) is 6.92 Å². The number of amides is 1. The third-order valence-electron chi connectivity index (χ3n) is 4.51. The van der Waals surface area contributed by atoms with Gasteiger partial charge in [0.2, 0.25) is 5.91 Å². The van der Waals surface area contributed by atoms with Gasteiger partial charge in [0.25, 0.3) is 0 Å². The predicted octanol–water partition coefficient (Wildman–Crippen LogP) is 3.70.